The summed E-state index contributed by atoms with van der Waals surface area (Å²) < 4.78 is 0. The van der Waals surface area contributed by atoms with Crippen molar-refractivity contribution < 1.29 is 9.59 Å². The molecule has 0 aromatic carbocycles. The lowest BCUT2D eigenvalue weighted by atomic mass is 10.2. The van der Waals surface area contributed by atoms with Crippen LogP contribution in [0.1, 0.15) is 21.7 Å². The van der Waals surface area contributed by atoms with E-state index in [0.717, 1.165) is 11.3 Å². The topological polar surface area (TPSA) is 94.2 Å². The highest BCUT2D eigenvalue weighted by Gasteiger charge is 2.25. The van der Waals surface area contributed by atoms with Crippen LogP contribution in [0.4, 0.5) is 4.79 Å². The maximum Gasteiger partial charge on any atom is 0.317 e. The standard InChI is InChI=1S/C16H20N6O2/c1-12-13(11-19-20-12)10-18-16(24)22-8-6-21(7-9-22)15(23)14-4-2-3-5-17-14/h2-5,11H,6-10H2,1H3,(H,18,24)(H,19,20). The predicted molar refractivity (Wildman–Crippen MR) is 87.3 cm³/mol. The lowest BCUT2D eigenvalue weighted by Gasteiger charge is -2.34. The van der Waals surface area contributed by atoms with Crippen LogP contribution in [0.3, 0.4) is 0 Å². The fourth-order valence-electron chi connectivity index (χ4n) is 2.60. The molecule has 0 atom stereocenters. The molecule has 1 aliphatic heterocycles. The monoisotopic (exact) mass is 328 g/mol. The molecule has 2 N–H and O–H groups in total. The van der Waals surface area contributed by atoms with Gasteiger partial charge in [-0.25, -0.2) is 4.79 Å². The number of nitrogens with one attached hydrogen (secondary N) is 2. The Morgan fingerprint density at radius 1 is 1.21 bits per heavy atom. The van der Waals surface area contributed by atoms with Crippen molar-refractivity contribution in [2.24, 2.45) is 0 Å². The molecule has 0 aliphatic carbocycles. The van der Waals surface area contributed by atoms with E-state index < -0.39 is 0 Å². The summed E-state index contributed by atoms with van der Waals surface area (Å²) in [6, 6.07) is 5.15. The Hall–Kier alpha value is -2.90. The summed E-state index contributed by atoms with van der Waals surface area (Å²) in [5.74, 6) is -0.0929. The van der Waals surface area contributed by atoms with Crippen LogP contribution in [0.25, 0.3) is 0 Å². The third kappa shape index (κ3) is 3.53. The normalized spacial score (nSPS) is 14.5. The smallest absolute Gasteiger partial charge is 0.317 e. The Kier molecular flexibility index (Phi) is 4.74. The minimum atomic E-state index is -0.125. The van der Waals surface area contributed by atoms with E-state index in [9.17, 15) is 9.59 Å². The fraction of sp³-hybridized carbons (Fsp3) is 0.375. The third-order valence-corrected chi connectivity index (χ3v) is 4.10. The summed E-state index contributed by atoms with van der Waals surface area (Å²) in [5.41, 5.74) is 2.35. The van der Waals surface area contributed by atoms with Crippen molar-refractivity contribution in [2.45, 2.75) is 13.5 Å². The van der Waals surface area contributed by atoms with Gasteiger partial charge in [-0.15, -0.1) is 0 Å². The number of urea groups is 1. The Balaban J connectivity index is 1.49. The quantitative estimate of drug-likeness (QED) is 0.870. The van der Waals surface area contributed by atoms with Gasteiger partial charge in [-0.2, -0.15) is 5.10 Å². The van der Waals surface area contributed by atoms with Gasteiger partial charge < -0.3 is 15.1 Å². The number of hydrogen-bond acceptors (Lipinski definition) is 4. The van der Waals surface area contributed by atoms with Crippen LogP contribution in [0.2, 0.25) is 0 Å². The lowest BCUT2D eigenvalue weighted by molar-refractivity contribution is 0.0659. The van der Waals surface area contributed by atoms with Gasteiger partial charge in [-0.3, -0.25) is 14.9 Å². The van der Waals surface area contributed by atoms with Crippen molar-refractivity contribution in [3.05, 3.63) is 47.5 Å². The Bertz CT molecular complexity index is 706. The van der Waals surface area contributed by atoms with E-state index >= 15 is 0 Å². The van der Waals surface area contributed by atoms with Gasteiger partial charge in [0.15, 0.2) is 0 Å². The van der Waals surface area contributed by atoms with Crippen LogP contribution in [-0.2, 0) is 6.54 Å². The van der Waals surface area contributed by atoms with Gasteiger partial charge in [-0.05, 0) is 19.1 Å². The molecule has 0 saturated carbocycles. The third-order valence-electron chi connectivity index (χ3n) is 4.10. The highest BCUT2D eigenvalue weighted by molar-refractivity contribution is 5.92. The maximum absolute atomic E-state index is 12.3. The molecule has 0 unspecified atom stereocenters. The zero-order valence-electron chi connectivity index (χ0n) is 13.5. The van der Waals surface area contributed by atoms with Gasteiger partial charge >= 0.3 is 6.03 Å². The molecule has 1 aliphatic rings. The molecule has 126 valence electrons. The minimum Gasteiger partial charge on any atom is -0.334 e. The van der Waals surface area contributed by atoms with Crippen molar-refractivity contribution in [2.75, 3.05) is 26.2 Å². The molecule has 2 aromatic heterocycles. The molecular weight excluding hydrogens is 308 g/mol. The second-order valence-corrected chi connectivity index (χ2v) is 5.67. The summed E-state index contributed by atoms with van der Waals surface area (Å²) in [6.07, 6.45) is 3.31. The van der Waals surface area contributed by atoms with Crippen molar-refractivity contribution in [3.8, 4) is 0 Å². The number of amides is 3. The second kappa shape index (κ2) is 7.12. The Morgan fingerprint density at radius 2 is 1.96 bits per heavy atom. The van der Waals surface area contributed by atoms with Crippen LogP contribution >= 0.6 is 0 Å². The van der Waals surface area contributed by atoms with Crippen molar-refractivity contribution >= 4 is 11.9 Å². The number of aryl methyl sites for hydroxylation is 1. The zero-order chi connectivity index (χ0) is 16.9. The van der Waals surface area contributed by atoms with Crippen LogP contribution < -0.4 is 5.32 Å². The number of H-pyrrole nitrogens is 1. The number of rotatable bonds is 3. The van der Waals surface area contributed by atoms with Gasteiger partial charge in [0.05, 0.1) is 6.20 Å². The molecule has 8 nitrogen and oxygen atoms in total. The zero-order valence-corrected chi connectivity index (χ0v) is 13.5. The molecule has 0 bridgehead atoms. The van der Waals surface area contributed by atoms with Crippen molar-refractivity contribution in [1.82, 2.24) is 30.3 Å². The molecule has 24 heavy (non-hydrogen) atoms. The van der Waals surface area contributed by atoms with Gasteiger partial charge in [0.25, 0.3) is 5.91 Å². The van der Waals surface area contributed by atoms with E-state index in [2.05, 4.69) is 20.5 Å². The molecule has 2 aromatic rings. The highest BCUT2D eigenvalue weighted by atomic mass is 16.2. The number of aromatic amines is 1. The van der Waals surface area contributed by atoms with Crippen LogP contribution in [-0.4, -0.2) is 63.1 Å². The van der Waals surface area contributed by atoms with E-state index in [-0.39, 0.29) is 11.9 Å². The van der Waals surface area contributed by atoms with Crippen LogP contribution in [0.5, 0.6) is 0 Å². The number of nitrogens with zero attached hydrogens (tertiary/aromatic N) is 4. The van der Waals surface area contributed by atoms with Crippen LogP contribution in [0, 0.1) is 6.92 Å². The first kappa shape index (κ1) is 16.0. The number of carbonyl (C=O) groups excluding carboxylic acids is 2. The molecule has 8 heteroatoms. The molecule has 0 spiro atoms. The first-order valence-electron chi connectivity index (χ1n) is 7.87. The van der Waals surface area contributed by atoms with Gasteiger partial charge in [0, 0.05) is 50.2 Å². The molecule has 0 radical (unpaired) electrons. The number of pyridine rings is 1. The molecule has 1 saturated heterocycles. The van der Waals surface area contributed by atoms with Gasteiger partial charge in [0.2, 0.25) is 0 Å². The van der Waals surface area contributed by atoms with Gasteiger partial charge in [0.1, 0.15) is 5.69 Å². The number of carbonyl (C=O) groups is 2. The molecule has 3 amide bonds. The Morgan fingerprint density at radius 3 is 2.58 bits per heavy atom. The van der Waals surface area contributed by atoms with Crippen LogP contribution in [0.15, 0.2) is 30.6 Å². The van der Waals surface area contributed by atoms with E-state index in [0.29, 0.717) is 38.4 Å². The van der Waals surface area contributed by atoms with Gasteiger partial charge in [-0.1, -0.05) is 6.07 Å². The maximum atomic E-state index is 12.3. The first-order chi connectivity index (χ1) is 11.6. The molecule has 3 rings (SSSR count). The van der Waals surface area contributed by atoms with E-state index in [1.165, 1.54) is 0 Å². The SMILES string of the molecule is Cc1[nH]ncc1CNC(=O)N1CCN(C(=O)c2ccccn2)CC1. The molecular formula is C16H20N6O2. The predicted octanol–water partition coefficient (Wildman–Crippen LogP) is 0.781. The summed E-state index contributed by atoms with van der Waals surface area (Å²) in [4.78, 5) is 32.1. The minimum absolute atomic E-state index is 0.0929. The van der Waals surface area contributed by atoms with E-state index in [1.807, 2.05) is 6.92 Å². The van der Waals surface area contributed by atoms with E-state index in [4.69, 9.17) is 0 Å². The average Bonchev–Trinajstić information content (AvgIpc) is 3.05. The second-order valence-electron chi connectivity index (χ2n) is 5.67. The molecule has 3 heterocycles. The first-order valence-corrected chi connectivity index (χ1v) is 7.87. The molecule has 1 fully saturated rings. The largest absolute Gasteiger partial charge is 0.334 e. The van der Waals surface area contributed by atoms with Crippen molar-refractivity contribution in [3.63, 3.8) is 0 Å². The highest BCUT2D eigenvalue weighted by Crippen LogP contribution is 2.08. The summed E-state index contributed by atoms with van der Waals surface area (Å²) in [5, 5.41) is 9.65. The Labute approximate surface area is 139 Å². The number of piperazine rings is 1. The summed E-state index contributed by atoms with van der Waals surface area (Å²) >= 11 is 0. The average molecular weight is 328 g/mol. The van der Waals surface area contributed by atoms with Crippen molar-refractivity contribution in [1.29, 1.82) is 0 Å². The lowest BCUT2D eigenvalue weighted by Crippen LogP contribution is -2.53. The number of hydrogen-bond donors (Lipinski definition) is 2. The summed E-state index contributed by atoms with van der Waals surface area (Å²) in [6.45, 7) is 4.38. The summed E-state index contributed by atoms with van der Waals surface area (Å²) in [7, 11) is 0. The van der Waals surface area contributed by atoms with E-state index in [1.54, 1.807) is 40.4 Å². The number of aromatic nitrogens is 3. The fourth-order valence-corrected chi connectivity index (χ4v) is 2.60.